The maximum Gasteiger partial charge on any atom is 0.340 e. The maximum absolute atomic E-state index is 12.1. The number of aryl methyl sites for hydroxylation is 1. The predicted molar refractivity (Wildman–Crippen MR) is 104 cm³/mol. The number of ether oxygens (including phenoxy) is 1. The van der Waals surface area contributed by atoms with E-state index >= 15 is 0 Å². The first-order valence-electron chi connectivity index (χ1n) is 8.67. The summed E-state index contributed by atoms with van der Waals surface area (Å²) in [6.45, 7) is 4.52. The Kier molecular flexibility index (Phi) is 5.94. The summed E-state index contributed by atoms with van der Waals surface area (Å²) in [6, 6.07) is 12.8. The van der Waals surface area contributed by atoms with Crippen LogP contribution in [0.2, 0.25) is 0 Å². The molecule has 0 saturated heterocycles. The molecule has 0 aliphatic carbocycles. The molecule has 0 saturated carbocycles. The number of rotatable bonds is 7. The first-order valence-corrected chi connectivity index (χ1v) is 8.67. The molecular formula is C20H21N5O2. The van der Waals surface area contributed by atoms with E-state index in [1.165, 1.54) is 0 Å². The Bertz CT molecular complexity index is 915. The largest absolute Gasteiger partial charge is 0.462 e. The lowest BCUT2D eigenvalue weighted by molar-refractivity contribution is 0.0527. The summed E-state index contributed by atoms with van der Waals surface area (Å²) in [5, 5.41) is 6.45. The third-order valence-corrected chi connectivity index (χ3v) is 3.72. The van der Waals surface area contributed by atoms with E-state index < -0.39 is 0 Å². The van der Waals surface area contributed by atoms with Crippen molar-refractivity contribution in [3.8, 4) is 0 Å². The monoisotopic (exact) mass is 363 g/mol. The molecule has 7 heteroatoms. The highest BCUT2D eigenvalue weighted by molar-refractivity contribution is 5.96. The number of benzene rings is 1. The second-order valence-corrected chi connectivity index (χ2v) is 5.79. The Hall–Kier alpha value is -3.48. The summed E-state index contributed by atoms with van der Waals surface area (Å²) in [7, 11) is 0. The summed E-state index contributed by atoms with van der Waals surface area (Å²) in [5.74, 6) is 1.51. The van der Waals surface area contributed by atoms with Gasteiger partial charge in [0.25, 0.3) is 0 Å². The van der Waals surface area contributed by atoms with Crippen LogP contribution in [0.4, 0.5) is 17.3 Å². The molecule has 3 rings (SSSR count). The van der Waals surface area contributed by atoms with Crippen molar-refractivity contribution in [2.75, 3.05) is 17.2 Å². The molecule has 7 nitrogen and oxygen atoms in total. The van der Waals surface area contributed by atoms with Crippen LogP contribution < -0.4 is 10.6 Å². The van der Waals surface area contributed by atoms with Gasteiger partial charge >= 0.3 is 5.97 Å². The van der Waals surface area contributed by atoms with Crippen molar-refractivity contribution in [2.45, 2.75) is 20.4 Å². The SMILES string of the molecule is CCOC(=O)c1ccccc1Nc1cc(NCc2cccnc2)nc(C)n1. The maximum atomic E-state index is 12.1. The van der Waals surface area contributed by atoms with Crippen LogP contribution in [0, 0.1) is 6.92 Å². The zero-order valence-electron chi connectivity index (χ0n) is 15.3. The lowest BCUT2D eigenvalue weighted by Crippen LogP contribution is -2.09. The van der Waals surface area contributed by atoms with E-state index in [4.69, 9.17) is 4.74 Å². The molecule has 1 aromatic carbocycles. The molecule has 0 aliphatic heterocycles. The Morgan fingerprint density at radius 3 is 2.70 bits per heavy atom. The smallest absolute Gasteiger partial charge is 0.340 e. The van der Waals surface area contributed by atoms with E-state index in [0.717, 1.165) is 5.56 Å². The fourth-order valence-electron chi connectivity index (χ4n) is 2.53. The van der Waals surface area contributed by atoms with Gasteiger partial charge in [0, 0.05) is 25.0 Å². The summed E-state index contributed by atoms with van der Waals surface area (Å²) in [6.07, 6.45) is 3.54. The number of aromatic nitrogens is 3. The molecule has 0 bridgehead atoms. The van der Waals surface area contributed by atoms with Crippen molar-refractivity contribution in [1.29, 1.82) is 0 Å². The van der Waals surface area contributed by atoms with Gasteiger partial charge in [0.05, 0.1) is 17.9 Å². The van der Waals surface area contributed by atoms with Crippen LogP contribution in [0.5, 0.6) is 0 Å². The quantitative estimate of drug-likeness (QED) is 0.619. The molecular weight excluding hydrogens is 342 g/mol. The molecule has 0 amide bonds. The Labute approximate surface area is 157 Å². The van der Waals surface area contributed by atoms with Crippen LogP contribution >= 0.6 is 0 Å². The van der Waals surface area contributed by atoms with Crippen molar-refractivity contribution in [3.63, 3.8) is 0 Å². The average molecular weight is 363 g/mol. The van der Waals surface area contributed by atoms with E-state index in [9.17, 15) is 4.79 Å². The molecule has 2 N–H and O–H groups in total. The van der Waals surface area contributed by atoms with E-state index in [-0.39, 0.29) is 5.97 Å². The second kappa shape index (κ2) is 8.75. The molecule has 2 aromatic heterocycles. The van der Waals surface area contributed by atoms with Crippen LogP contribution in [0.3, 0.4) is 0 Å². The number of esters is 1. The summed E-state index contributed by atoms with van der Waals surface area (Å²) >= 11 is 0. The van der Waals surface area contributed by atoms with Crippen molar-refractivity contribution >= 4 is 23.3 Å². The number of nitrogens with zero attached hydrogens (tertiary/aromatic N) is 3. The predicted octanol–water partition coefficient (Wildman–Crippen LogP) is 3.71. The highest BCUT2D eigenvalue weighted by Gasteiger charge is 2.13. The van der Waals surface area contributed by atoms with Crippen LogP contribution in [0.1, 0.15) is 28.7 Å². The number of nitrogens with one attached hydrogen (secondary N) is 2. The highest BCUT2D eigenvalue weighted by atomic mass is 16.5. The van der Waals surface area contributed by atoms with Gasteiger partial charge in [0.15, 0.2) is 0 Å². The Balaban J connectivity index is 1.78. The molecule has 0 unspecified atom stereocenters. The van der Waals surface area contributed by atoms with E-state index in [0.29, 0.717) is 41.9 Å². The number of carbonyl (C=O) groups excluding carboxylic acids is 1. The van der Waals surface area contributed by atoms with Crippen LogP contribution in [0.25, 0.3) is 0 Å². The first-order chi connectivity index (χ1) is 13.2. The van der Waals surface area contributed by atoms with Crippen molar-refractivity contribution in [1.82, 2.24) is 15.0 Å². The highest BCUT2D eigenvalue weighted by Crippen LogP contribution is 2.22. The van der Waals surface area contributed by atoms with Gasteiger partial charge in [-0.1, -0.05) is 18.2 Å². The Morgan fingerprint density at radius 1 is 1.11 bits per heavy atom. The molecule has 0 radical (unpaired) electrons. The minimum absolute atomic E-state index is 0.322. The van der Waals surface area contributed by atoms with E-state index in [1.807, 2.05) is 31.2 Å². The van der Waals surface area contributed by atoms with E-state index in [1.54, 1.807) is 37.5 Å². The third kappa shape index (κ3) is 5.01. The molecule has 27 heavy (non-hydrogen) atoms. The summed E-state index contributed by atoms with van der Waals surface area (Å²) in [5.41, 5.74) is 2.14. The van der Waals surface area contributed by atoms with Gasteiger partial charge in [-0.25, -0.2) is 14.8 Å². The number of hydrogen-bond donors (Lipinski definition) is 2. The minimum Gasteiger partial charge on any atom is -0.462 e. The van der Waals surface area contributed by atoms with Crippen LogP contribution in [0.15, 0.2) is 54.9 Å². The van der Waals surface area contributed by atoms with Crippen LogP contribution in [-0.4, -0.2) is 27.5 Å². The van der Waals surface area contributed by atoms with Gasteiger partial charge in [-0.2, -0.15) is 0 Å². The summed E-state index contributed by atoms with van der Waals surface area (Å²) < 4.78 is 5.11. The number of carbonyl (C=O) groups is 1. The first kappa shape index (κ1) is 18.3. The second-order valence-electron chi connectivity index (χ2n) is 5.79. The van der Waals surface area contributed by atoms with Gasteiger partial charge in [0.1, 0.15) is 17.5 Å². The normalized spacial score (nSPS) is 10.3. The topological polar surface area (TPSA) is 89.0 Å². The van der Waals surface area contributed by atoms with E-state index in [2.05, 4.69) is 25.6 Å². The van der Waals surface area contributed by atoms with Crippen molar-refractivity contribution in [3.05, 3.63) is 71.8 Å². The molecule has 0 aliphatic rings. The average Bonchev–Trinajstić information content (AvgIpc) is 2.67. The molecule has 138 valence electrons. The molecule has 0 spiro atoms. The zero-order chi connectivity index (χ0) is 19.1. The van der Waals surface area contributed by atoms with Gasteiger partial charge in [-0.15, -0.1) is 0 Å². The van der Waals surface area contributed by atoms with Gasteiger partial charge in [-0.05, 0) is 37.6 Å². The number of pyridine rings is 1. The summed E-state index contributed by atoms with van der Waals surface area (Å²) in [4.78, 5) is 25.0. The van der Waals surface area contributed by atoms with Gasteiger partial charge in [-0.3, -0.25) is 4.98 Å². The lowest BCUT2D eigenvalue weighted by Gasteiger charge is -2.13. The number of para-hydroxylation sites is 1. The number of hydrogen-bond acceptors (Lipinski definition) is 7. The molecule has 2 heterocycles. The fraction of sp³-hybridized carbons (Fsp3) is 0.200. The van der Waals surface area contributed by atoms with Gasteiger partial charge < -0.3 is 15.4 Å². The fourth-order valence-corrected chi connectivity index (χ4v) is 2.53. The van der Waals surface area contributed by atoms with Gasteiger partial charge in [0.2, 0.25) is 0 Å². The minimum atomic E-state index is -0.374. The standard InChI is InChI=1S/C20H21N5O2/c1-3-27-20(26)16-8-4-5-9-17(16)25-19-11-18(23-14(2)24-19)22-13-15-7-6-10-21-12-15/h4-12H,3,13H2,1-2H3,(H2,22,23,24,25). The van der Waals surface area contributed by atoms with Crippen molar-refractivity contribution in [2.24, 2.45) is 0 Å². The number of anilines is 3. The van der Waals surface area contributed by atoms with Crippen LogP contribution in [-0.2, 0) is 11.3 Å². The third-order valence-electron chi connectivity index (χ3n) is 3.72. The lowest BCUT2D eigenvalue weighted by atomic mass is 10.2. The van der Waals surface area contributed by atoms with Crippen molar-refractivity contribution < 1.29 is 9.53 Å². The Morgan fingerprint density at radius 2 is 1.93 bits per heavy atom. The molecule has 0 atom stereocenters. The molecule has 0 fully saturated rings. The molecule has 3 aromatic rings. The zero-order valence-corrected chi connectivity index (χ0v) is 15.3.